The molecule has 1 amide bonds. The minimum Gasteiger partial charge on any atom is -0.475 e. The second-order valence-electron chi connectivity index (χ2n) is 2.61. The van der Waals surface area contributed by atoms with Crippen LogP contribution in [-0.4, -0.2) is 47.5 Å². The number of carboxylic acid groups (broad SMARTS) is 1. The number of hydrogen-bond donors (Lipinski definition) is 4. The van der Waals surface area contributed by atoms with Crippen molar-refractivity contribution in [2.24, 2.45) is 5.73 Å². The van der Waals surface area contributed by atoms with E-state index in [2.05, 4.69) is 5.32 Å². The van der Waals surface area contributed by atoms with Crippen molar-refractivity contribution >= 4 is 11.9 Å². The maximum absolute atomic E-state index is 10.6. The number of halogens is 3. The highest BCUT2D eigenvalue weighted by molar-refractivity contribution is 5.80. The third-order valence-electron chi connectivity index (χ3n) is 1.07. The van der Waals surface area contributed by atoms with E-state index < -0.39 is 18.2 Å². The Morgan fingerprint density at radius 3 is 2.00 bits per heavy atom. The average Bonchev–Trinajstić information content (AvgIpc) is 2.13. The van der Waals surface area contributed by atoms with E-state index in [1.54, 1.807) is 6.92 Å². The molecule has 0 aromatic heterocycles. The Balaban J connectivity index is 0. The zero-order valence-electron chi connectivity index (χ0n) is 8.41. The van der Waals surface area contributed by atoms with E-state index in [1.165, 1.54) is 0 Å². The second-order valence-corrected chi connectivity index (χ2v) is 2.61. The summed E-state index contributed by atoms with van der Waals surface area (Å²) in [5, 5.41) is 17.8. The molecule has 0 aliphatic carbocycles. The molecule has 0 aromatic rings. The molecular formula is C7H13F3N2O4. The van der Waals surface area contributed by atoms with Crippen molar-refractivity contribution < 1.29 is 33.0 Å². The first-order valence-corrected chi connectivity index (χ1v) is 4.07. The molecule has 0 aliphatic heterocycles. The quantitative estimate of drug-likeness (QED) is 0.514. The van der Waals surface area contributed by atoms with Gasteiger partial charge in [-0.2, -0.15) is 13.2 Å². The van der Waals surface area contributed by atoms with Crippen molar-refractivity contribution in [1.29, 1.82) is 0 Å². The first-order valence-electron chi connectivity index (χ1n) is 4.07. The summed E-state index contributed by atoms with van der Waals surface area (Å²) in [7, 11) is 0. The van der Waals surface area contributed by atoms with Crippen LogP contribution in [0.4, 0.5) is 13.2 Å². The van der Waals surface area contributed by atoms with E-state index in [4.69, 9.17) is 20.7 Å². The smallest absolute Gasteiger partial charge is 0.475 e. The van der Waals surface area contributed by atoms with E-state index in [0.29, 0.717) is 0 Å². The lowest BCUT2D eigenvalue weighted by Crippen LogP contribution is -2.39. The highest BCUT2D eigenvalue weighted by Gasteiger charge is 2.38. The summed E-state index contributed by atoms with van der Waals surface area (Å²) in [4.78, 5) is 19.5. The summed E-state index contributed by atoms with van der Waals surface area (Å²) in [6, 6.07) is -0.489. The molecule has 0 saturated heterocycles. The van der Waals surface area contributed by atoms with E-state index in [-0.39, 0.29) is 19.1 Å². The van der Waals surface area contributed by atoms with Crippen LogP contribution in [0.3, 0.4) is 0 Å². The fourth-order valence-electron chi connectivity index (χ4n) is 0.340. The summed E-state index contributed by atoms with van der Waals surface area (Å²) in [5.74, 6) is -2.99. The summed E-state index contributed by atoms with van der Waals surface area (Å²) in [5.41, 5.74) is 5.18. The van der Waals surface area contributed by atoms with Gasteiger partial charge in [-0.1, -0.05) is 0 Å². The molecule has 0 aromatic carbocycles. The van der Waals surface area contributed by atoms with Crippen LogP contribution < -0.4 is 11.1 Å². The summed E-state index contributed by atoms with van der Waals surface area (Å²) >= 11 is 0. The molecule has 0 saturated carbocycles. The molecule has 0 fully saturated rings. The number of carbonyl (C=O) groups is 2. The highest BCUT2D eigenvalue weighted by atomic mass is 19.4. The molecule has 0 aliphatic rings. The van der Waals surface area contributed by atoms with Crippen molar-refractivity contribution in [2.45, 2.75) is 19.1 Å². The van der Waals surface area contributed by atoms with Gasteiger partial charge in [0.15, 0.2) is 0 Å². The van der Waals surface area contributed by atoms with Gasteiger partial charge in [-0.05, 0) is 6.92 Å². The van der Waals surface area contributed by atoms with Crippen LogP contribution in [-0.2, 0) is 9.59 Å². The van der Waals surface area contributed by atoms with E-state index in [9.17, 15) is 18.0 Å². The van der Waals surface area contributed by atoms with Gasteiger partial charge in [-0.25, -0.2) is 4.79 Å². The van der Waals surface area contributed by atoms with Crippen molar-refractivity contribution in [2.75, 3.05) is 13.2 Å². The molecule has 0 unspecified atom stereocenters. The van der Waals surface area contributed by atoms with Gasteiger partial charge in [0.1, 0.15) is 0 Å². The Hall–Kier alpha value is -1.35. The van der Waals surface area contributed by atoms with Crippen molar-refractivity contribution in [3.05, 3.63) is 0 Å². The third kappa shape index (κ3) is 10.7. The van der Waals surface area contributed by atoms with Gasteiger partial charge in [0, 0.05) is 6.54 Å². The molecule has 0 radical (unpaired) electrons. The molecule has 0 rings (SSSR count). The standard InChI is InChI=1S/C5H12N2O2.C2HF3O2/c1-4(6)5(9)7-2-3-8;3-2(4,5)1(6)7/h4,8H,2-3,6H2,1H3,(H,7,9);(H,6,7)/t4-;/m1./s1. The fraction of sp³-hybridized carbons (Fsp3) is 0.714. The van der Waals surface area contributed by atoms with Crippen molar-refractivity contribution in [3.63, 3.8) is 0 Å². The fourth-order valence-corrected chi connectivity index (χ4v) is 0.340. The molecule has 0 bridgehead atoms. The van der Waals surface area contributed by atoms with E-state index in [0.717, 1.165) is 0 Å². The Morgan fingerprint density at radius 1 is 1.44 bits per heavy atom. The monoisotopic (exact) mass is 246 g/mol. The molecule has 0 heterocycles. The van der Waals surface area contributed by atoms with Crippen LogP contribution in [0.15, 0.2) is 0 Å². The summed E-state index contributed by atoms with van der Waals surface area (Å²) in [6.45, 7) is 1.82. The molecule has 5 N–H and O–H groups in total. The SMILES string of the molecule is C[C@@H](N)C(=O)NCCO.O=C(O)C(F)(F)F. The van der Waals surface area contributed by atoms with Gasteiger partial charge in [0.2, 0.25) is 5.91 Å². The first kappa shape index (κ1) is 17.1. The molecule has 9 heteroatoms. The Bertz CT molecular complexity index is 230. The molecule has 6 nitrogen and oxygen atoms in total. The van der Waals surface area contributed by atoms with Gasteiger partial charge in [-0.15, -0.1) is 0 Å². The van der Waals surface area contributed by atoms with Crippen LogP contribution in [0.1, 0.15) is 6.92 Å². The topological polar surface area (TPSA) is 113 Å². The predicted octanol–water partition coefficient (Wildman–Crippen LogP) is -0.925. The molecule has 96 valence electrons. The van der Waals surface area contributed by atoms with E-state index >= 15 is 0 Å². The van der Waals surface area contributed by atoms with Crippen LogP contribution in [0, 0.1) is 0 Å². The van der Waals surface area contributed by atoms with Gasteiger partial charge >= 0.3 is 12.1 Å². The largest absolute Gasteiger partial charge is 0.490 e. The Kier molecular flexibility index (Phi) is 8.40. The number of hydrogen-bond acceptors (Lipinski definition) is 4. The maximum atomic E-state index is 10.6. The van der Waals surface area contributed by atoms with Crippen LogP contribution in [0.2, 0.25) is 0 Å². The minimum atomic E-state index is -5.08. The number of rotatable bonds is 3. The van der Waals surface area contributed by atoms with Crippen molar-refractivity contribution in [1.82, 2.24) is 5.32 Å². The highest BCUT2D eigenvalue weighted by Crippen LogP contribution is 2.13. The van der Waals surface area contributed by atoms with Crippen molar-refractivity contribution in [3.8, 4) is 0 Å². The molecule has 0 spiro atoms. The number of carbonyl (C=O) groups excluding carboxylic acids is 1. The lowest BCUT2D eigenvalue weighted by Gasteiger charge is -2.04. The number of aliphatic hydroxyl groups excluding tert-OH is 1. The number of nitrogens with two attached hydrogens (primary N) is 1. The third-order valence-corrected chi connectivity index (χ3v) is 1.07. The van der Waals surface area contributed by atoms with Crippen LogP contribution in [0.25, 0.3) is 0 Å². The van der Waals surface area contributed by atoms with Gasteiger partial charge in [0.05, 0.1) is 12.6 Å². The normalized spacial score (nSPS) is 12.1. The Morgan fingerprint density at radius 2 is 1.81 bits per heavy atom. The maximum Gasteiger partial charge on any atom is 0.490 e. The lowest BCUT2D eigenvalue weighted by molar-refractivity contribution is -0.192. The number of carboxylic acids is 1. The zero-order chi connectivity index (χ0) is 13.4. The number of amides is 1. The van der Waals surface area contributed by atoms with Gasteiger partial charge < -0.3 is 21.3 Å². The number of aliphatic hydroxyl groups is 1. The van der Waals surface area contributed by atoms with E-state index in [1.807, 2.05) is 0 Å². The second kappa shape index (κ2) is 7.88. The number of aliphatic carboxylic acids is 1. The first-order chi connectivity index (χ1) is 7.12. The Labute approximate surface area is 89.2 Å². The van der Waals surface area contributed by atoms with Crippen LogP contribution >= 0.6 is 0 Å². The molecule has 1 atom stereocenters. The molecule has 16 heavy (non-hydrogen) atoms. The lowest BCUT2D eigenvalue weighted by atomic mass is 10.3. The number of nitrogens with one attached hydrogen (secondary N) is 1. The average molecular weight is 246 g/mol. The minimum absolute atomic E-state index is 0.0432. The van der Waals surface area contributed by atoms with Gasteiger partial charge in [0.25, 0.3) is 0 Å². The number of alkyl halides is 3. The van der Waals surface area contributed by atoms with Crippen LogP contribution in [0.5, 0.6) is 0 Å². The molecular weight excluding hydrogens is 233 g/mol. The summed E-state index contributed by atoms with van der Waals surface area (Å²) in [6.07, 6.45) is -5.08. The predicted molar refractivity (Wildman–Crippen MR) is 47.4 cm³/mol. The zero-order valence-corrected chi connectivity index (χ0v) is 8.41. The van der Waals surface area contributed by atoms with Gasteiger partial charge in [-0.3, -0.25) is 4.79 Å². The summed E-state index contributed by atoms with van der Waals surface area (Å²) < 4.78 is 31.7.